The van der Waals surface area contributed by atoms with Crippen molar-refractivity contribution >= 4 is 5.91 Å². The van der Waals surface area contributed by atoms with E-state index in [1.807, 2.05) is 12.3 Å². The van der Waals surface area contributed by atoms with Crippen LogP contribution >= 0.6 is 0 Å². The quantitative estimate of drug-likeness (QED) is 0.910. The van der Waals surface area contributed by atoms with Gasteiger partial charge in [0.15, 0.2) is 0 Å². The van der Waals surface area contributed by atoms with Crippen molar-refractivity contribution in [3.63, 3.8) is 0 Å². The van der Waals surface area contributed by atoms with Gasteiger partial charge in [0.25, 0.3) is 0 Å². The van der Waals surface area contributed by atoms with E-state index >= 15 is 0 Å². The molecule has 2 aromatic rings. The first-order valence-corrected chi connectivity index (χ1v) is 8.66. The highest BCUT2D eigenvalue weighted by Gasteiger charge is 2.47. The molecule has 2 fully saturated rings. The molecule has 2 aliphatic rings. The summed E-state index contributed by atoms with van der Waals surface area (Å²) in [7, 11) is 0. The Morgan fingerprint density at radius 3 is 2.83 bits per heavy atom. The summed E-state index contributed by atoms with van der Waals surface area (Å²) in [4.78, 5) is 18.4. The summed E-state index contributed by atoms with van der Waals surface area (Å²) >= 11 is 0. The van der Waals surface area contributed by atoms with Crippen molar-refractivity contribution in [1.82, 2.24) is 9.88 Å². The van der Waals surface area contributed by atoms with E-state index in [0.717, 1.165) is 25.8 Å². The van der Waals surface area contributed by atoms with Crippen molar-refractivity contribution in [1.29, 1.82) is 0 Å². The number of aromatic nitrogens is 1. The van der Waals surface area contributed by atoms with Gasteiger partial charge in [0.1, 0.15) is 0 Å². The number of hydrogen-bond acceptors (Lipinski definition) is 1. The molecule has 3 atom stereocenters. The summed E-state index contributed by atoms with van der Waals surface area (Å²) in [6.45, 7) is 5.19. The van der Waals surface area contributed by atoms with Gasteiger partial charge in [0.05, 0.1) is 6.04 Å². The van der Waals surface area contributed by atoms with Gasteiger partial charge in [0, 0.05) is 24.4 Å². The summed E-state index contributed by atoms with van der Waals surface area (Å²) in [5.74, 6) is 0.963. The van der Waals surface area contributed by atoms with E-state index in [9.17, 15) is 4.79 Å². The third kappa shape index (κ3) is 2.58. The molecule has 4 rings (SSSR count). The number of H-pyrrole nitrogens is 1. The maximum absolute atomic E-state index is 13.0. The molecule has 1 saturated heterocycles. The second-order valence-electron chi connectivity index (χ2n) is 7.11. The zero-order valence-electron chi connectivity index (χ0n) is 13.9. The number of aryl methyl sites for hydroxylation is 2. The average molecular weight is 308 g/mol. The first-order valence-electron chi connectivity index (χ1n) is 8.66. The third-order valence-electron chi connectivity index (χ3n) is 5.58. The van der Waals surface area contributed by atoms with Crippen LogP contribution in [0.1, 0.15) is 53.6 Å². The van der Waals surface area contributed by atoms with Crippen molar-refractivity contribution in [2.24, 2.45) is 5.92 Å². The molecule has 1 aliphatic carbocycles. The molecule has 0 bridgehead atoms. The van der Waals surface area contributed by atoms with Crippen molar-refractivity contribution in [3.8, 4) is 0 Å². The lowest BCUT2D eigenvalue weighted by Gasteiger charge is -2.24. The van der Waals surface area contributed by atoms with Gasteiger partial charge in [-0.05, 0) is 67.9 Å². The molecule has 120 valence electrons. The maximum atomic E-state index is 13.0. The molecule has 1 aromatic carbocycles. The minimum absolute atomic E-state index is 0.188. The maximum Gasteiger partial charge on any atom is 0.226 e. The van der Waals surface area contributed by atoms with Crippen molar-refractivity contribution in [3.05, 3.63) is 58.9 Å². The van der Waals surface area contributed by atoms with Crippen molar-refractivity contribution in [2.75, 3.05) is 6.54 Å². The molecule has 23 heavy (non-hydrogen) atoms. The molecule has 3 heteroatoms. The monoisotopic (exact) mass is 308 g/mol. The summed E-state index contributed by atoms with van der Waals surface area (Å²) in [5.41, 5.74) is 5.16. The Hall–Kier alpha value is -2.03. The third-order valence-corrected chi connectivity index (χ3v) is 5.58. The molecule has 1 aliphatic heterocycles. The first kappa shape index (κ1) is 14.6. The molecule has 3 nitrogen and oxygen atoms in total. The molecule has 1 N–H and O–H groups in total. The van der Waals surface area contributed by atoms with E-state index in [2.05, 4.69) is 48.0 Å². The SMILES string of the molecule is Cc1ccc(C2CC2C(=O)N2CCCC2c2ccc[nH]2)cc1C. The van der Waals surface area contributed by atoms with E-state index in [1.165, 1.54) is 22.4 Å². The van der Waals surface area contributed by atoms with Crippen LogP contribution in [0.25, 0.3) is 0 Å². The van der Waals surface area contributed by atoms with Crippen LogP contribution in [0.5, 0.6) is 0 Å². The summed E-state index contributed by atoms with van der Waals surface area (Å²) < 4.78 is 0. The number of carbonyl (C=O) groups is 1. The van der Waals surface area contributed by atoms with E-state index < -0.39 is 0 Å². The van der Waals surface area contributed by atoms with Gasteiger partial charge in [0.2, 0.25) is 5.91 Å². The van der Waals surface area contributed by atoms with Gasteiger partial charge >= 0.3 is 0 Å². The number of carbonyl (C=O) groups excluding carboxylic acids is 1. The number of aromatic amines is 1. The van der Waals surface area contributed by atoms with Crippen LogP contribution < -0.4 is 0 Å². The highest BCUT2D eigenvalue weighted by molar-refractivity contribution is 5.83. The molecule has 3 unspecified atom stereocenters. The number of amides is 1. The lowest BCUT2D eigenvalue weighted by molar-refractivity contribution is -0.133. The van der Waals surface area contributed by atoms with Crippen LogP contribution in [-0.4, -0.2) is 22.3 Å². The van der Waals surface area contributed by atoms with Crippen LogP contribution in [0, 0.1) is 19.8 Å². The highest BCUT2D eigenvalue weighted by Crippen LogP contribution is 2.50. The summed E-state index contributed by atoms with van der Waals surface area (Å²) in [6, 6.07) is 11.0. The minimum atomic E-state index is 0.188. The van der Waals surface area contributed by atoms with Crippen LogP contribution in [0.2, 0.25) is 0 Å². The van der Waals surface area contributed by atoms with Gasteiger partial charge in [-0.2, -0.15) is 0 Å². The van der Waals surface area contributed by atoms with Gasteiger partial charge in [-0.3, -0.25) is 4.79 Å². The molecular formula is C20H24N2O. The number of likely N-dealkylation sites (tertiary alicyclic amines) is 1. The Morgan fingerprint density at radius 2 is 2.09 bits per heavy atom. The van der Waals surface area contributed by atoms with Gasteiger partial charge in [-0.25, -0.2) is 0 Å². The molecule has 1 amide bonds. The largest absolute Gasteiger partial charge is 0.363 e. The zero-order chi connectivity index (χ0) is 16.0. The Labute approximate surface area is 137 Å². The van der Waals surface area contributed by atoms with Crippen molar-refractivity contribution < 1.29 is 4.79 Å². The van der Waals surface area contributed by atoms with Crippen LogP contribution in [0.4, 0.5) is 0 Å². The number of nitrogens with zero attached hydrogens (tertiary/aromatic N) is 1. The van der Waals surface area contributed by atoms with Gasteiger partial charge < -0.3 is 9.88 Å². The molecular weight excluding hydrogens is 284 g/mol. The number of benzene rings is 1. The fourth-order valence-corrected chi connectivity index (χ4v) is 3.95. The molecule has 0 spiro atoms. The fourth-order valence-electron chi connectivity index (χ4n) is 3.95. The van der Waals surface area contributed by atoms with Crippen LogP contribution in [0.15, 0.2) is 36.5 Å². The second kappa shape index (κ2) is 5.55. The average Bonchev–Trinajstić information content (AvgIpc) is 2.96. The lowest BCUT2D eigenvalue weighted by Crippen LogP contribution is -2.32. The number of nitrogens with one attached hydrogen (secondary N) is 1. The predicted molar refractivity (Wildman–Crippen MR) is 91.2 cm³/mol. The standard InChI is InChI=1S/C20H24N2O/c1-13-7-8-15(11-14(13)2)16-12-17(16)20(23)22-10-4-6-19(22)18-5-3-9-21-18/h3,5,7-9,11,16-17,19,21H,4,6,10,12H2,1-2H3. The van der Waals surface area contributed by atoms with Crippen molar-refractivity contribution in [2.45, 2.75) is 45.1 Å². The fraction of sp³-hybridized carbons (Fsp3) is 0.450. The van der Waals surface area contributed by atoms with E-state index in [0.29, 0.717) is 11.8 Å². The first-order chi connectivity index (χ1) is 11.1. The van der Waals surface area contributed by atoms with Gasteiger partial charge in [-0.15, -0.1) is 0 Å². The lowest BCUT2D eigenvalue weighted by atomic mass is 10.0. The van der Waals surface area contributed by atoms with E-state index in [-0.39, 0.29) is 12.0 Å². The number of hydrogen-bond donors (Lipinski definition) is 1. The Kier molecular flexibility index (Phi) is 3.51. The summed E-state index contributed by atoms with van der Waals surface area (Å²) in [5, 5.41) is 0. The smallest absolute Gasteiger partial charge is 0.226 e. The van der Waals surface area contributed by atoms with Gasteiger partial charge in [-0.1, -0.05) is 18.2 Å². The molecule has 0 radical (unpaired) electrons. The van der Waals surface area contributed by atoms with Crippen LogP contribution in [0.3, 0.4) is 0 Å². The molecule has 2 heterocycles. The second-order valence-corrected chi connectivity index (χ2v) is 7.11. The Balaban J connectivity index is 1.49. The minimum Gasteiger partial charge on any atom is -0.363 e. The topological polar surface area (TPSA) is 36.1 Å². The zero-order valence-corrected chi connectivity index (χ0v) is 13.9. The normalized spacial score (nSPS) is 26.5. The Morgan fingerprint density at radius 1 is 1.22 bits per heavy atom. The summed E-state index contributed by atoms with van der Waals surface area (Å²) in [6.07, 6.45) is 5.14. The van der Waals surface area contributed by atoms with Crippen LogP contribution in [-0.2, 0) is 4.79 Å². The molecule has 1 aromatic heterocycles. The van der Waals surface area contributed by atoms with E-state index in [1.54, 1.807) is 0 Å². The Bertz CT molecular complexity index is 719. The number of rotatable bonds is 3. The highest BCUT2D eigenvalue weighted by atomic mass is 16.2. The predicted octanol–water partition coefficient (Wildman–Crippen LogP) is 4.10. The van der Waals surface area contributed by atoms with E-state index in [4.69, 9.17) is 0 Å². The molecule has 1 saturated carbocycles.